The smallest absolute Gasteiger partial charge is 0.328 e. The molecule has 4 N–H and O–H groups in total. The summed E-state index contributed by atoms with van der Waals surface area (Å²) < 4.78 is 1.51. The van der Waals surface area contributed by atoms with Crippen LogP contribution < -0.4 is 16.0 Å². The quantitative estimate of drug-likeness (QED) is 0.234. The summed E-state index contributed by atoms with van der Waals surface area (Å²) in [4.78, 5) is 37.6. The van der Waals surface area contributed by atoms with Gasteiger partial charge in [0.2, 0.25) is 0 Å². The number of halogens is 2. The lowest BCUT2D eigenvalue weighted by molar-refractivity contribution is -0.139. The second-order valence-corrected chi connectivity index (χ2v) is 10.1. The van der Waals surface area contributed by atoms with E-state index in [1.165, 1.54) is 16.3 Å². The Bertz CT molecular complexity index is 1570. The van der Waals surface area contributed by atoms with E-state index in [9.17, 15) is 19.5 Å². The van der Waals surface area contributed by atoms with Crippen LogP contribution in [-0.4, -0.2) is 45.4 Å². The van der Waals surface area contributed by atoms with E-state index in [4.69, 9.17) is 23.2 Å². The molecule has 0 fully saturated rings. The predicted octanol–water partition coefficient (Wildman–Crippen LogP) is 5.02. The first kappa shape index (κ1) is 27.2. The SMILES string of the molecule is O=C(NCC(NC(=O)c1c(Cl)ccc(-n2cc(-c3ccccc3)cn2)c1Cl)C(=O)O)NC1CCc2ccccc21. The van der Waals surface area contributed by atoms with E-state index < -0.39 is 23.9 Å². The van der Waals surface area contributed by atoms with Gasteiger partial charge in [0.25, 0.3) is 5.91 Å². The van der Waals surface area contributed by atoms with Crippen LogP contribution in [-0.2, 0) is 11.2 Å². The van der Waals surface area contributed by atoms with Crippen LogP contribution >= 0.6 is 23.2 Å². The first-order valence-electron chi connectivity index (χ1n) is 12.6. The van der Waals surface area contributed by atoms with Crippen molar-refractivity contribution >= 4 is 41.1 Å². The molecule has 1 aliphatic rings. The van der Waals surface area contributed by atoms with Gasteiger partial charge in [0.1, 0.15) is 6.04 Å². The van der Waals surface area contributed by atoms with Gasteiger partial charge in [0.15, 0.2) is 0 Å². The van der Waals surface area contributed by atoms with Gasteiger partial charge in [-0.1, -0.05) is 77.8 Å². The Morgan fingerprint density at radius 2 is 1.75 bits per heavy atom. The fourth-order valence-electron chi connectivity index (χ4n) is 4.70. The number of hydrogen-bond donors (Lipinski definition) is 4. The Morgan fingerprint density at radius 1 is 1.00 bits per heavy atom. The summed E-state index contributed by atoms with van der Waals surface area (Å²) in [6, 6.07) is 18.4. The third-order valence-corrected chi connectivity index (χ3v) is 7.44. The molecule has 1 heterocycles. The molecular weight excluding hydrogens is 553 g/mol. The first-order chi connectivity index (χ1) is 19.3. The molecule has 204 valence electrons. The van der Waals surface area contributed by atoms with E-state index in [2.05, 4.69) is 21.0 Å². The molecule has 2 unspecified atom stereocenters. The van der Waals surface area contributed by atoms with Crippen LogP contribution in [0.3, 0.4) is 0 Å². The van der Waals surface area contributed by atoms with Crippen LogP contribution in [0, 0.1) is 0 Å². The van der Waals surface area contributed by atoms with Gasteiger partial charge in [0.05, 0.1) is 40.1 Å². The van der Waals surface area contributed by atoms with Gasteiger partial charge in [-0.3, -0.25) is 4.79 Å². The highest BCUT2D eigenvalue weighted by atomic mass is 35.5. The largest absolute Gasteiger partial charge is 0.480 e. The number of aliphatic carboxylic acids is 1. The fourth-order valence-corrected chi connectivity index (χ4v) is 5.33. The fraction of sp³-hybridized carbons (Fsp3) is 0.172. The zero-order valence-corrected chi connectivity index (χ0v) is 22.6. The number of aryl methyl sites for hydroxylation is 1. The number of rotatable bonds is 8. The topological polar surface area (TPSA) is 125 Å². The van der Waals surface area contributed by atoms with Gasteiger partial charge in [-0.15, -0.1) is 0 Å². The maximum Gasteiger partial charge on any atom is 0.328 e. The average Bonchev–Trinajstić information content (AvgIpc) is 3.59. The van der Waals surface area contributed by atoms with Crippen LogP contribution in [0.5, 0.6) is 0 Å². The Balaban J connectivity index is 1.27. The van der Waals surface area contributed by atoms with E-state index in [0.717, 1.165) is 29.5 Å². The molecule has 1 aromatic heterocycles. The highest BCUT2D eigenvalue weighted by Crippen LogP contribution is 2.32. The number of aromatic nitrogens is 2. The van der Waals surface area contributed by atoms with Crippen LogP contribution in [0.15, 0.2) is 79.1 Å². The molecule has 4 aromatic rings. The molecule has 9 nitrogen and oxygen atoms in total. The van der Waals surface area contributed by atoms with Crippen molar-refractivity contribution in [3.05, 3.63) is 106 Å². The number of hydrogen-bond acceptors (Lipinski definition) is 4. The van der Waals surface area contributed by atoms with E-state index in [0.29, 0.717) is 5.69 Å². The number of urea groups is 1. The number of benzene rings is 3. The molecule has 0 saturated heterocycles. The third-order valence-electron chi connectivity index (χ3n) is 6.74. The average molecular weight is 578 g/mol. The number of nitrogens with zero attached hydrogens (tertiary/aromatic N) is 2. The standard InChI is InChI=1S/C29H25Cl2N5O4/c30-21-11-13-24(36-16-19(14-33-36)17-6-2-1-3-7-17)26(31)25(21)27(37)34-23(28(38)39)15-32-29(40)35-22-12-10-18-8-4-5-9-20(18)22/h1-9,11,13-14,16,22-23H,10,12,15H2,(H,34,37)(H,38,39)(H2,32,35,40). The van der Waals surface area contributed by atoms with E-state index in [1.807, 2.05) is 54.6 Å². The number of carboxylic acid groups (broad SMARTS) is 1. The van der Waals surface area contributed by atoms with Gasteiger partial charge in [-0.05, 0) is 41.7 Å². The summed E-state index contributed by atoms with van der Waals surface area (Å²) in [5, 5.41) is 21.9. The minimum Gasteiger partial charge on any atom is -0.480 e. The number of carbonyl (C=O) groups is 3. The zero-order valence-electron chi connectivity index (χ0n) is 21.1. The Hall–Kier alpha value is -4.34. The zero-order chi connectivity index (χ0) is 28.2. The van der Waals surface area contributed by atoms with Gasteiger partial charge < -0.3 is 21.1 Å². The van der Waals surface area contributed by atoms with Crippen molar-refractivity contribution in [1.29, 1.82) is 0 Å². The van der Waals surface area contributed by atoms with Crippen LogP contribution in [0.4, 0.5) is 4.79 Å². The molecule has 0 spiro atoms. The van der Waals surface area contributed by atoms with Crippen molar-refractivity contribution in [3.8, 4) is 16.8 Å². The molecule has 5 rings (SSSR count). The Morgan fingerprint density at radius 3 is 2.52 bits per heavy atom. The molecular formula is C29H25Cl2N5O4. The minimum absolute atomic E-state index is 0.00227. The lowest BCUT2D eigenvalue weighted by Gasteiger charge is -2.19. The molecule has 0 bridgehead atoms. The van der Waals surface area contributed by atoms with Crippen molar-refractivity contribution in [2.45, 2.75) is 24.9 Å². The summed E-state index contributed by atoms with van der Waals surface area (Å²) in [6.07, 6.45) is 5.03. The van der Waals surface area contributed by atoms with Gasteiger partial charge >= 0.3 is 12.0 Å². The second-order valence-electron chi connectivity index (χ2n) is 9.30. The molecule has 40 heavy (non-hydrogen) atoms. The Kier molecular flexibility index (Phi) is 8.04. The summed E-state index contributed by atoms with van der Waals surface area (Å²) in [7, 11) is 0. The summed E-state index contributed by atoms with van der Waals surface area (Å²) >= 11 is 12.9. The molecule has 0 saturated carbocycles. The first-order valence-corrected chi connectivity index (χ1v) is 13.3. The normalized spacial score (nSPS) is 14.7. The maximum absolute atomic E-state index is 13.2. The predicted molar refractivity (Wildman–Crippen MR) is 152 cm³/mol. The van der Waals surface area contributed by atoms with Crippen molar-refractivity contribution in [2.24, 2.45) is 0 Å². The third kappa shape index (κ3) is 5.80. The monoisotopic (exact) mass is 577 g/mol. The van der Waals surface area contributed by atoms with E-state index in [1.54, 1.807) is 18.5 Å². The van der Waals surface area contributed by atoms with Crippen molar-refractivity contribution < 1.29 is 19.5 Å². The summed E-state index contributed by atoms with van der Waals surface area (Å²) in [5.41, 5.74) is 4.29. The van der Waals surface area contributed by atoms with Crippen LogP contribution in [0.2, 0.25) is 10.0 Å². The van der Waals surface area contributed by atoms with Crippen LogP contribution in [0.25, 0.3) is 16.8 Å². The van der Waals surface area contributed by atoms with Gasteiger partial charge in [-0.2, -0.15) is 5.10 Å². The molecule has 0 aliphatic heterocycles. The second kappa shape index (κ2) is 11.8. The molecule has 0 radical (unpaired) electrons. The highest BCUT2D eigenvalue weighted by molar-refractivity contribution is 6.40. The Labute approximate surface area is 240 Å². The number of amides is 3. The molecule has 3 amide bonds. The number of carboxylic acids is 1. The van der Waals surface area contributed by atoms with E-state index in [-0.39, 0.29) is 28.2 Å². The maximum atomic E-state index is 13.2. The minimum atomic E-state index is -1.43. The summed E-state index contributed by atoms with van der Waals surface area (Å²) in [5.74, 6) is -2.13. The number of nitrogens with one attached hydrogen (secondary N) is 3. The highest BCUT2D eigenvalue weighted by Gasteiger charge is 2.27. The molecule has 3 aromatic carbocycles. The molecule has 2 atom stereocenters. The van der Waals surface area contributed by atoms with Crippen molar-refractivity contribution in [2.75, 3.05) is 6.54 Å². The lowest BCUT2D eigenvalue weighted by atomic mass is 10.1. The molecule has 11 heteroatoms. The lowest BCUT2D eigenvalue weighted by Crippen LogP contribution is -2.50. The van der Waals surface area contributed by atoms with Crippen LogP contribution in [0.1, 0.15) is 33.9 Å². The van der Waals surface area contributed by atoms with Crippen molar-refractivity contribution in [1.82, 2.24) is 25.7 Å². The molecule has 1 aliphatic carbocycles. The van der Waals surface area contributed by atoms with E-state index >= 15 is 0 Å². The number of fused-ring (bicyclic) bond motifs is 1. The van der Waals surface area contributed by atoms with Crippen molar-refractivity contribution in [3.63, 3.8) is 0 Å². The van der Waals surface area contributed by atoms with Gasteiger partial charge in [0, 0.05) is 11.8 Å². The summed E-state index contributed by atoms with van der Waals surface area (Å²) in [6.45, 7) is -0.351. The number of carbonyl (C=O) groups excluding carboxylic acids is 2. The van der Waals surface area contributed by atoms with Gasteiger partial charge in [-0.25, -0.2) is 14.3 Å².